The van der Waals surface area contributed by atoms with E-state index in [1.165, 1.54) is 88.2 Å². The van der Waals surface area contributed by atoms with Crippen molar-refractivity contribution in [1.82, 2.24) is 0 Å². The van der Waals surface area contributed by atoms with Crippen molar-refractivity contribution in [2.45, 2.75) is 89.9 Å². The van der Waals surface area contributed by atoms with E-state index in [4.69, 9.17) is 23.7 Å². The second kappa shape index (κ2) is 19.7. The Morgan fingerprint density at radius 2 is 0.703 bits per heavy atom. The topological polar surface area (TPSA) is 46.2 Å². The van der Waals surface area contributed by atoms with E-state index in [2.05, 4.69) is 0 Å². The standard InChI is InChI=1S/C32H50O5/c1-33-29-21-17-22-30(34-2)27(29)19-13-9-5-7-11-15-25-37-26-16-12-8-6-10-14-20-28-31(35-3)23-18-24-32(28)36-4/h17-18,21-24H,5-16,19-20,25-26H2,1-4H3. The normalized spacial score (nSPS) is 10.9. The number of rotatable bonds is 22. The van der Waals surface area contributed by atoms with Crippen molar-refractivity contribution in [3.05, 3.63) is 47.5 Å². The van der Waals surface area contributed by atoms with Crippen LogP contribution in [0.4, 0.5) is 0 Å². The molecule has 0 aromatic heterocycles. The Labute approximate surface area is 225 Å². The zero-order valence-electron chi connectivity index (χ0n) is 23.8. The van der Waals surface area contributed by atoms with Gasteiger partial charge in [-0.2, -0.15) is 0 Å². The summed E-state index contributed by atoms with van der Waals surface area (Å²) in [6.45, 7) is 1.80. The van der Waals surface area contributed by atoms with Crippen LogP contribution in [0.25, 0.3) is 0 Å². The lowest BCUT2D eigenvalue weighted by Gasteiger charge is -2.12. The summed E-state index contributed by atoms with van der Waals surface area (Å²) in [5, 5.41) is 0. The van der Waals surface area contributed by atoms with E-state index in [1.807, 2.05) is 36.4 Å². The van der Waals surface area contributed by atoms with Gasteiger partial charge in [0.1, 0.15) is 23.0 Å². The van der Waals surface area contributed by atoms with Gasteiger partial charge in [-0.25, -0.2) is 0 Å². The summed E-state index contributed by atoms with van der Waals surface area (Å²) in [7, 11) is 6.91. The zero-order valence-corrected chi connectivity index (χ0v) is 23.8. The summed E-state index contributed by atoms with van der Waals surface area (Å²) >= 11 is 0. The van der Waals surface area contributed by atoms with Crippen molar-refractivity contribution in [3.63, 3.8) is 0 Å². The highest BCUT2D eigenvalue weighted by Gasteiger charge is 2.10. The molecule has 0 saturated carbocycles. The van der Waals surface area contributed by atoms with E-state index in [1.54, 1.807) is 28.4 Å². The van der Waals surface area contributed by atoms with E-state index in [0.29, 0.717) is 0 Å². The first-order valence-electron chi connectivity index (χ1n) is 14.2. The molecule has 0 atom stereocenters. The van der Waals surface area contributed by atoms with Crippen LogP contribution in [0.2, 0.25) is 0 Å². The summed E-state index contributed by atoms with van der Waals surface area (Å²) in [6.07, 6.45) is 16.8. The van der Waals surface area contributed by atoms with Gasteiger partial charge in [-0.1, -0.05) is 63.5 Å². The van der Waals surface area contributed by atoms with Gasteiger partial charge in [0.05, 0.1) is 28.4 Å². The van der Waals surface area contributed by atoms with Crippen LogP contribution in [0.5, 0.6) is 23.0 Å². The molecule has 0 spiro atoms. The van der Waals surface area contributed by atoms with Gasteiger partial charge in [-0.15, -0.1) is 0 Å². The van der Waals surface area contributed by atoms with Crippen molar-refractivity contribution in [3.8, 4) is 23.0 Å². The van der Waals surface area contributed by atoms with Crippen LogP contribution < -0.4 is 18.9 Å². The van der Waals surface area contributed by atoms with Crippen LogP contribution >= 0.6 is 0 Å². The molecule has 0 heterocycles. The van der Waals surface area contributed by atoms with E-state index in [0.717, 1.165) is 49.1 Å². The SMILES string of the molecule is COc1cccc(OC)c1CCCCCCCCOCCCCCCCCc1c(OC)cccc1OC. The third kappa shape index (κ3) is 11.7. The Morgan fingerprint density at radius 1 is 0.405 bits per heavy atom. The Kier molecular flexibility index (Phi) is 16.4. The fourth-order valence-corrected chi connectivity index (χ4v) is 4.88. The van der Waals surface area contributed by atoms with E-state index in [-0.39, 0.29) is 0 Å². The van der Waals surface area contributed by atoms with Gasteiger partial charge >= 0.3 is 0 Å². The molecule has 0 bridgehead atoms. The zero-order chi connectivity index (χ0) is 26.6. The van der Waals surface area contributed by atoms with Crippen molar-refractivity contribution in [2.24, 2.45) is 0 Å². The minimum absolute atomic E-state index is 0.902. The van der Waals surface area contributed by atoms with Crippen LogP contribution in [0, 0.1) is 0 Å². The van der Waals surface area contributed by atoms with Gasteiger partial charge in [-0.3, -0.25) is 0 Å². The van der Waals surface area contributed by atoms with Crippen LogP contribution in [-0.2, 0) is 17.6 Å². The lowest BCUT2D eigenvalue weighted by molar-refractivity contribution is 0.125. The fraction of sp³-hybridized carbons (Fsp3) is 0.625. The number of unbranched alkanes of at least 4 members (excludes halogenated alkanes) is 10. The molecule has 0 aliphatic carbocycles. The average Bonchev–Trinajstić information content (AvgIpc) is 2.94. The Balaban J connectivity index is 1.38. The summed E-state index contributed by atoms with van der Waals surface area (Å²) in [4.78, 5) is 0. The van der Waals surface area contributed by atoms with E-state index < -0.39 is 0 Å². The molecule has 0 radical (unpaired) electrons. The number of methoxy groups -OCH3 is 4. The van der Waals surface area contributed by atoms with Gasteiger partial charge < -0.3 is 23.7 Å². The first-order valence-corrected chi connectivity index (χ1v) is 14.2. The molecule has 5 heteroatoms. The highest BCUT2D eigenvalue weighted by atomic mass is 16.5. The molecular weight excluding hydrogens is 464 g/mol. The molecular formula is C32H50O5. The summed E-state index contributed by atoms with van der Waals surface area (Å²) < 4.78 is 27.8. The lowest BCUT2D eigenvalue weighted by atomic mass is 10.0. The summed E-state index contributed by atoms with van der Waals surface area (Å²) in [5.41, 5.74) is 2.38. The minimum Gasteiger partial charge on any atom is -0.496 e. The van der Waals surface area contributed by atoms with Crippen molar-refractivity contribution in [1.29, 1.82) is 0 Å². The maximum Gasteiger partial charge on any atom is 0.125 e. The van der Waals surface area contributed by atoms with Crippen molar-refractivity contribution in [2.75, 3.05) is 41.7 Å². The van der Waals surface area contributed by atoms with Crippen LogP contribution in [0.15, 0.2) is 36.4 Å². The third-order valence-corrected chi connectivity index (χ3v) is 6.99. The number of hydrogen-bond donors (Lipinski definition) is 0. The summed E-state index contributed by atoms with van der Waals surface area (Å²) in [6, 6.07) is 12.0. The quantitative estimate of drug-likeness (QED) is 0.148. The molecule has 2 rings (SSSR count). The molecule has 37 heavy (non-hydrogen) atoms. The Hall–Kier alpha value is -2.40. The summed E-state index contributed by atoms with van der Waals surface area (Å²) in [5.74, 6) is 3.73. The molecule has 0 aliphatic heterocycles. The predicted octanol–water partition coefficient (Wildman–Crippen LogP) is 8.20. The molecule has 2 aromatic rings. The molecule has 0 N–H and O–H groups in total. The van der Waals surface area contributed by atoms with Crippen molar-refractivity contribution >= 4 is 0 Å². The Morgan fingerprint density at radius 3 is 1.03 bits per heavy atom. The van der Waals surface area contributed by atoms with Crippen LogP contribution in [0.3, 0.4) is 0 Å². The van der Waals surface area contributed by atoms with Gasteiger partial charge in [0.25, 0.3) is 0 Å². The first-order chi connectivity index (χ1) is 18.2. The Bertz CT molecular complexity index is 737. The lowest BCUT2D eigenvalue weighted by Crippen LogP contribution is -1.98. The highest BCUT2D eigenvalue weighted by molar-refractivity contribution is 5.45. The smallest absolute Gasteiger partial charge is 0.125 e. The molecule has 0 saturated heterocycles. The van der Waals surface area contributed by atoms with Gasteiger partial charge in [0, 0.05) is 24.3 Å². The molecule has 2 aromatic carbocycles. The second-order valence-corrected chi connectivity index (χ2v) is 9.64. The molecule has 0 fully saturated rings. The molecule has 0 aliphatic rings. The fourth-order valence-electron chi connectivity index (χ4n) is 4.88. The number of benzene rings is 2. The maximum absolute atomic E-state index is 5.85. The van der Waals surface area contributed by atoms with Gasteiger partial charge in [0.2, 0.25) is 0 Å². The minimum atomic E-state index is 0.902. The van der Waals surface area contributed by atoms with Gasteiger partial charge in [0.15, 0.2) is 0 Å². The molecule has 5 nitrogen and oxygen atoms in total. The first kappa shape index (κ1) is 30.8. The monoisotopic (exact) mass is 514 g/mol. The average molecular weight is 515 g/mol. The number of hydrogen-bond acceptors (Lipinski definition) is 5. The third-order valence-electron chi connectivity index (χ3n) is 6.99. The van der Waals surface area contributed by atoms with Crippen molar-refractivity contribution < 1.29 is 23.7 Å². The second-order valence-electron chi connectivity index (χ2n) is 9.64. The molecule has 0 amide bonds. The highest BCUT2D eigenvalue weighted by Crippen LogP contribution is 2.31. The van der Waals surface area contributed by atoms with Crippen LogP contribution in [0.1, 0.15) is 88.2 Å². The van der Waals surface area contributed by atoms with Gasteiger partial charge in [-0.05, 0) is 62.8 Å². The molecule has 0 unspecified atom stereocenters. The molecule has 208 valence electrons. The predicted molar refractivity (Wildman–Crippen MR) is 153 cm³/mol. The number of ether oxygens (including phenoxy) is 5. The van der Waals surface area contributed by atoms with E-state index >= 15 is 0 Å². The van der Waals surface area contributed by atoms with E-state index in [9.17, 15) is 0 Å². The largest absolute Gasteiger partial charge is 0.496 e. The maximum atomic E-state index is 5.85. The van der Waals surface area contributed by atoms with Crippen LogP contribution in [-0.4, -0.2) is 41.7 Å².